The molecule has 0 saturated carbocycles. The van der Waals surface area contributed by atoms with E-state index in [1.807, 2.05) is 11.3 Å². The van der Waals surface area contributed by atoms with Crippen molar-refractivity contribution in [2.24, 2.45) is 0 Å². The van der Waals surface area contributed by atoms with Crippen LogP contribution in [0.1, 0.15) is 41.7 Å². The average molecular weight is 696 g/mol. The molecular formula is C51H37NS. The summed E-state index contributed by atoms with van der Waals surface area (Å²) in [6.07, 6.45) is 2.35. The van der Waals surface area contributed by atoms with Crippen LogP contribution < -0.4 is 4.90 Å². The first-order valence-electron chi connectivity index (χ1n) is 18.3. The Balaban J connectivity index is 1.09. The minimum atomic E-state index is -0.162. The standard InChI is InChI=1S/C51H37NS/c1-51(2)47-31-41(52(39-18-8-4-9-19-39)40-20-10-5-11-21-40)25-26-42(47)44-33-50-46(32-48(44)51)45-30-38(24-27-49(45)53-50)43(36-15-6-3-7-16-36)29-34-22-23-35-14-12-13-17-37(35)28-34/h3-33H,1-2H3. The Morgan fingerprint density at radius 1 is 0.472 bits per heavy atom. The molecule has 0 aliphatic heterocycles. The Morgan fingerprint density at radius 3 is 1.85 bits per heavy atom. The van der Waals surface area contributed by atoms with Gasteiger partial charge in [-0.05, 0) is 128 Å². The molecule has 0 amide bonds. The van der Waals surface area contributed by atoms with E-state index < -0.39 is 0 Å². The Labute approximate surface area is 314 Å². The van der Waals surface area contributed by atoms with E-state index in [4.69, 9.17) is 0 Å². The molecule has 1 aliphatic carbocycles. The average Bonchev–Trinajstić information content (AvgIpc) is 3.67. The Morgan fingerprint density at radius 2 is 1.11 bits per heavy atom. The number of fused-ring (bicyclic) bond motifs is 7. The zero-order valence-corrected chi connectivity index (χ0v) is 30.6. The Kier molecular flexibility index (Phi) is 7.42. The zero-order valence-electron chi connectivity index (χ0n) is 29.8. The SMILES string of the molecule is CC1(C)c2cc(N(c3ccccc3)c3ccccc3)ccc2-c2cc3sc4ccc(C(=Cc5ccc6ccccc6c5)c5ccccc5)cc4c3cc21. The van der Waals surface area contributed by atoms with E-state index in [2.05, 4.69) is 207 Å². The van der Waals surface area contributed by atoms with Crippen LogP contribution in [0.3, 0.4) is 0 Å². The van der Waals surface area contributed by atoms with E-state index in [9.17, 15) is 0 Å². The van der Waals surface area contributed by atoms with Crippen molar-refractivity contribution in [1.82, 2.24) is 0 Å². The van der Waals surface area contributed by atoms with Gasteiger partial charge in [-0.15, -0.1) is 11.3 Å². The second-order valence-corrected chi connectivity index (χ2v) is 15.7. The number of rotatable bonds is 6. The van der Waals surface area contributed by atoms with Gasteiger partial charge in [-0.1, -0.05) is 129 Å². The Bertz CT molecular complexity index is 2810. The van der Waals surface area contributed by atoms with Crippen LogP contribution in [0.4, 0.5) is 17.1 Å². The number of thiophene rings is 1. The lowest BCUT2D eigenvalue weighted by Crippen LogP contribution is -2.16. The molecule has 0 bridgehead atoms. The second-order valence-electron chi connectivity index (χ2n) is 14.6. The van der Waals surface area contributed by atoms with Gasteiger partial charge in [-0.2, -0.15) is 0 Å². The first kappa shape index (κ1) is 31.5. The summed E-state index contributed by atoms with van der Waals surface area (Å²) in [5.41, 5.74) is 13.6. The predicted molar refractivity (Wildman–Crippen MR) is 229 cm³/mol. The van der Waals surface area contributed by atoms with E-state index in [0.29, 0.717) is 0 Å². The van der Waals surface area contributed by atoms with Crippen molar-refractivity contribution in [3.8, 4) is 11.1 Å². The Hall–Kier alpha value is -6.22. The predicted octanol–water partition coefficient (Wildman–Crippen LogP) is 14.6. The molecule has 2 heteroatoms. The first-order chi connectivity index (χ1) is 26.0. The highest BCUT2D eigenvalue weighted by Crippen LogP contribution is 2.53. The van der Waals surface area contributed by atoms with Gasteiger partial charge in [0, 0.05) is 42.6 Å². The number of benzene rings is 8. The summed E-state index contributed by atoms with van der Waals surface area (Å²) in [6.45, 7) is 4.78. The summed E-state index contributed by atoms with van der Waals surface area (Å²) in [7, 11) is 0. The maximum absolute atomic E-state index is 2.49. The van der Waals surface area contributed by atoms with Gasteiger partial charge in [0.2, 0.25) is 0 Å². The monoisotopic (exact) mass is 695 g/mol. The lowest BCUT2D eigenvalue weighted by atomic mass is 9.82. The van der Waals surface area contributed by atoms with Gasteiger partial charge in [0.15, 0.2) is 0 Å². The second kappa shape index (κ2) is 12.5. The summed E-state index contributed by atoms with van der Waals surface area (Å²) in [5, 5.41) is 5.17. The number of anilines is 3. The third-order valence-electron chi connectivity index (χ3n) is 11.0. The first-order valence-corrected chi connectivity index (χ1v) is 19.2. The van der Waals surface area contributed by atoms with Crippen LogP contribution in [0.2, 0.25) is 0 Å². The van der Waals surface area contributed by atoms with Gasteiger partial charge in [0.05, 0.1) is 0 Å². The van der Waals surface area contributed by atoms with Gasteiger partial charge in [-0.25, -0.2) is 0 Å². The van der Waals surface area contributed by atoms with Crippen molar-refractivity contribution in [2.75, 3.05) is 4.90 Å². The van der Waals surface area contributed by atoms with Crippen molar-refractivity contribution in [1.29, 1.82) is 0 Å². The van der Waals surface area contributed by atoms with E-state index in [1.54, 1.807) is 0 Å². The lowest BCUT2D eigenvalue weighted by Gasteiger charge is -2.28. The molecule has 0 atom stereocenters. The zero-order chi connectivity index (χ0) is 35.5. The van der Waals surface area contributed by atoms with Crippen LogP contribution in [0.5, 0.6) is 0 Å². The minimum absolute atomic E-state index is 0.162. The largest absolute Gasteiger partial charge is 0.310 e. The van der Waals surface area contributed by atoms with Crippen LogP contribution in [0.15, 0.2) is 182 Å². The number of hydrogen-bond acceptors (Lipinski definition) is 2. The maximum Gasteiger partial charge on any atom is 0.0465 e. The van der Waals surface area contributed by atoms with Crippen LogP contribution in [-0.4, -0.2) is 0 Å². The molecule has 1 aromatic heterocycles. The highest BCUT2D eigenvalue weighted by Gasteiger charge is 2.37. The molecule has 0 radical (unpaired) electrons. The highest BCUT2D eigenvalue weighted by molar-refractivity contribution is 7.25. The van der Waals surface area contributed by atoms with Crippen LogP contribution in [0, 0.1) is 0 Å². The van der Waals surface area contributed by atoms with Gasteiger partial charge in [0.25, 0.3) is 0 Å². The summed E-state index contributed by atoms with van der Waals surface area (Å²) in [4.78, 5) is 2.36. The molecule has 1 nitrogen and oxygen atoms in total. The summed E-state index contributed by atoms with van der Waals surface area (Å²) >= 11 is 1.90. The fourth-order valence-electron chi connectivity index (χ4n) is 8.32. The molecule has 1 aliphatic rings. The molecule has 10 rings (SSSR count). The molecule has 0 N–H and O–H groups in total. The highest BCUT2D eigenvalue weighted by atomic mass is 32.1. The molecule has 9 aromatic rings. The molecule has 53 heavy (non-hydrogen) atoms. The van der Waals surface area contributed by atoms with E-state index in [1.165, 1.54) is 81.1 Å². The van der Waals surface area contributed by atoms with Gasteiger partial charge < -0.3 is 4.90 Å². The summed E-state index contributed by atoms with van der Waals surface area (Å²) in [5.74, 6) is 0. The van der Waals surface area contributed by atoms with E-state index in [-0.39, 0.29) is 5.41 Å². The summed E-state index contributed by atoms with van der Waals surface area (Å²) in [6, 6.07) is 66.6. The summed E-state index contributed by atoms with van der Waals surface area (Å²) < 4.78 is 2.65. The number of para-hydroxylation sites is 2. The van der Waals surface area contributed by atoms with Crippen LogP contribution in [-0.2, 0) is 5.41 Å². The third kappa shape index (κ3) is 5.37. The van der Waals surface area contributed by atoms with E-state index >= 15 is 0 Å². The quantitative estimate of drug-likeness (QED) is 0.157. The molecule has 252 valence electrons. The molecule has 0 unspecified atom stereocenters. The lowest BCUT2D eigenvalue weighted by molar-refractivity contribution is 0.661. The fourth-order valence-corrected chi connectivity index (χ4v) is 9.42. The van der Waals surface area contributed by atoms with Crippen molar-refractivity contribution >= 4 is 71.0 Å². The van der Waals surface area contributed by atoms with Gasteiger partial charge in [-0.3, -0.25) is 0 Å². The minimum Gasteiger partial charge on any atom is -0.310 e. The topological polar surface area (TPSA) is 3.24 Å². The normalized spacial score (nSPS) is 13.4. The van der Waals surface area contributed by atoms with Crippen molar-refractivity contribution in [3.05, 3.63) is 210 Å². The maximum atomic E-state index is 2.49. The smallest absolute Gasteiger partial charge is 0.0465 e. The molecule has 0 saturated heterocycles. The van der Waals surface area contributed by atoms with Gasteiger partial charge in [0.1, 0.15) is 0 Å². The van der Waals surface area contributed by atoms with Crippen LogP contribution in [0.25, 0.3) is 53.7 Å². The van der Waals surface area contributed by atoms with Crippen molar-refractivity contribution in [3.63, 3.8) is 0 Å². The van der Waals surface area contributed by atoms with Crippen molar-refractivity contribution < 1.29 is 0 Å². The fraction of sp³-hybridized carbons (Fsp3) is 0.0588. The molecule has 8 aromatic carbocycles. The van der Waals surface area contributed by atoms with Gasteiger partial charge >= 0.3 is 0 Å². The molecular weight excluding hydrogens is 659 g/mol. The van der Waals surface area contributed by atoms with Crippen molar-refractivity contribution in [2.45, 2.75) is 19.3 Å². The molecule has 1 heterocycles. The number of nitrogens with zero attached hydrogens (tertiary/aromatic N) is 1. The molecule has 0 spiro atoms. The third-order valence-corrected chi connectivity index (χ3v) is 12.2. The molecule has 0 fully saturated rings. The van der Waals surface area contributed by atoms with E-state index in [0.717, 1.165) is 11.4 Å². The number of hydrogen-bond donors (Lipinski definition) is 0. The van der Waals surface area contributed by atoms with Crippen LogP contribution >= 0.6 is 11.3 Å².